The molecule has 4 aromatic rings. The Bertz CT molecular complexity index is 1120. The highest BCUT2D eigenvalue weighted by Crippen LogP contribution is 2.32. The smallest absolute Gasteiger partial charge is 0.322 e. The number of fused-ring (bicyclic) bond motifs is 3. The Labute approximate surface area is 158 Å². The highest BCUT2D eigenvalue weighted by Gasteiger charge is 2.28. The van der Waals surface area contributed by atoms with Crippen molar-refractivity contribution in [3.63, 3.8) is 0 Å². The minimum Gasteiger partial charge on any atom is -0.346 e. The van der Waals surface area contributed by atoms with Crippen LogP contribution in [0.1, 0.15) is 30.1 Å². The van der Waals surface area contributed by atoms with E-state index in [9.17, 15) is 4.79 Å². The molecule has 1 aliphatic rings. The van der Waals surface area contributed by atoms with Crippen molar-refractivity contribution >= 4 is 39.1 Å². The third-order valence-corrected chi connectivity index (χ3v) is 5.82. The predicted octanol–water partition coefficient (Wildman–Crippen LogP) is 2.78. The zero-order chi connectivity index (χ0) is 18.4. The molecule has 2 N–H and O–H groups in total. The molecule has 0 unspecified atom stereocenters. The number of carbonyl (C=O) groups excluding carboxylic acids is 1. The Morgan fingerprint density at radius 2 is 2.22 bits per heavy atom. The summed E-state index contributed by atoms with van der Waals surface area (Å²) >= 11 is 1.31. The summed E-state index contributed by atoms with van der Waals surface area (Å²) in [6.45, 7) is 3.29. The second kappa shape index (κ2) is 6.31. The van der Waals surface area contributed by atoms with Gasteiger partial charge in [-0.25, -0.2) is 14.3 Å². The van der Waals surface area contributed by atoms with Crippen molar-refractivity contribution in [3.8, 4) is 0 Å². The molecule has 1 fully saturated rings. The number of nitrogens with one attached hydrogen (secondary N) is 2. The van der Waals surface area contributed by atoms with Gasteiger partial charge in [-0.1, -0.05) is 5.21 Å². The maximum Gasteiger partial charge on any atom is 0.322 e. The lowest BCUT2D eigenvalue weighted by Crippen LogP contribution is -2.40. The zero-order valence-electron chi connectivity index (χ0n) is 14.7. The van der Waals surface area contributed by atoms with Gasteiger partial charge in [-0.2, -0.15) is 4.37 Å². The van der Waals surface area contributed by atoms with E-state index in [1.807, 2.05) is 30.2 Å². The molecule has 0 aliphatic carbocycles. The molecule has 1 saturated heterocycles. The van der Waals surface area contributed by atoms with Crippen LogP contribution in [0.5, 0.6) is 0 Å². The summed E-state index contributed by atoms with van der Waals surface area (Å²) in [5.74, 6) is 0.276. The van der Waals surface area contributed by atoms with E-state index in [1.165, 1.54) is 11.5 Å². The predicted molar refractivity (Wildman–Crippen MR) is 102 cm³/mol. The van der Waals surface area contributed by atoms with Crippen LogP contribution in [-0.4, -0.2) is 53.2 Å². The van der Waals surface area contributed by atoms with Gasteiger partial charge in [-0.05, 0) is 43.4 Å². The number of anilines is 1. The molecule has 0 spiro atoms. The number of aromatic amines is 1. The van der Waals surface area contributed by atoms with Crippen molar-refractivity contribution in [3.05, 3.63) is 36.0 Å². The van der Waals surface area contributed by atoms with Gasteiger partial charge in [-0.15, -0.1) is 5.10 Å². The molecule has 9 nitrogen and oxygen atoms in total. The molecule has 5 heterocycles. The third-order valence-electron chi connectivity index (χ3n) is 5.02. The molecule has 1 aliphatic heterocycles. The van der Waals surface area contributed by atoms with Crippen LogP contribution in [0.15, 0.2) is 24.7 Å². The molecule has 4 aromatic heterocycles. The van der Waals surface area contributed by atoms with Crippen molar-refractivity contribution in [1.29, 1.82) is 0 Å². The van der Waals surface area contributed by atoms with Gasteiger partial charge >= 0.3 is 6.03 Å². The molecule has 0 radical (unpaired) electrons. The van der Waals surface area contributed by atoms with Gasteiger partial charge in [-0.3, -0.25) is 5.32 Å². The van der Waals surface area contributed by atoms with Crippen LogP contribution in [0.25, 0.3) is 16.6 Å². The molecule has 0 atom stereocenters. The zero-order valence-corrected chi connectivity index (χ0v) is 15.5. The first-order valence-electron chi connectivity index (χ1n) is 8.85. The summed E-state index contributed by atoms with van der Waals surface area (Å²) in [5.41, 5.74) is 3.74. The van der Waals surface area contributed by atoms with Gasteiger partial charge < -0.3 is 9.88 Å². The first-order chi connectivity index (χ1) is 13.2. The van der Waals surface area contributed by atoms with Crippen LogP contribution in [0.2, 0.25) is 0 Å². The number of hydrogen-bond donors (Lipinski definition) is 2. The summed E-state index contributed by atoms with van der Waals surface area (Å²) in [6, 6.07) is 3.82. The molecule has 138 valence electrons. The number of aromatic nitrogens is 6. The Balaban J connectivity index is 1.32. The standard InChI is InChI=1S/C17H18N8OS/c1-10-8-13(27-22-10)20-17(26)24-6-3-11(4-7-24)14-15-12-2-5-18-16(12)19-9-25(15)23-21-14/h2,5,8-9,11,18H,3-4,6-7H2,1H3,(H,20,26). The average Bonchev–Trinajstić information content (AvgIpc) is 3.40. The Hall–Kier alpha value is -3.01. The average molecular weight is 382 g/mol. The van der Waals surface area contributed by atoms with Crippen LogP contribution in [0.4, 0.5) is 9.80 Å². The number of nitrogens with zero attached hydrogens (tertiary/aromatic N) is 6. The number of rotatable bonds is 2. The Morgan fingerprint density at radius 1 is 1.37 bits per heavy atom. The minimum absolute atomic E-state index is 0.0675. The van der Waals surface area contributed by atoms with Gasteiger partial charge in [0.15, 0.2) is 0 Å². The van der Waals surface area contributed by atoms with E-state index in [2.05, 4.69) is 30.0 Å². The number of carbonyl (C=O) groups is 1. The normalized spacial score (nSPS) is 15.7. The molecule has 0 saturated carbocycles. The van der Waals surface area contributed by atoms with Crippen LogP contribution in [-0.2, 0) is 0 Å². The Kier molecular flexibility index (Phi) is 3.78. The quantitative estimate of drug-likeness (QED) is 0.555. The largest absolute Gasteiger partial charge is 0.346 e. The molecule has 10 heteroatoms. The highest BCUT2D eigenvalue weighted by atomic mass is 32.1. The van der Waals surface area contributed by atoms with E-state index in [1.54, 1.807) is 10.8 Å². The van der Waals surface area contributed by atoms with Crippen LogP contribution in [0.3, 0.4) is 0 Å². The second-order valence-corrected chi connectivity index (χ2v) is 7.58. The number of aryl methyl sites for hydroxylation is 1. The molecular formula is C17H18N8OS. The van der Waals surface area contributed by atoms with Crippen LogP contribution in [0, 0.1) is 6.92 Å². The lowest BCUT2D eigenvalue weighted by Gasteiger charge is -2.31. The third kappa shape index (κ3) is 2.81. The maximum atomic E-state index is 12.5. The summed E-state index contributed by atoms with van der Waals surface area (Å²) in [5, 5.41) is 13.4. The van der Waals surface area contributed by atoms with E-state index in [0.29, 0.717) is 13.1 Å². The SMILES string of the molecule is Cc1cc(NC(=O)N2CCC(c3nnn4cnc5[nH]ccc5c34)CC2)sn1. The van der Waals surface area contributed by atoms with Crippen molar-refractivity contribution in [1.82, 2.24) is 34.1 Å². The number of H-pyrrole nitrogens is 1. The van der Waals surface area contributed by atoms with E-state index in [0.717, 1.165) is 45.8 Å². The van der Waals surface area contributed by atoms with Crippen molar-refractivity contribution < 1.29 is 4.79 Å². The molecule has 5 rings (SSSR count). The lowest BCUT2D eigenvalue weighted by molar-refractivity contribution is 0.194. The fraction of sp³-hybridized carbons (Fsp3) is 0.353. The topological polar surface area (TPSA) is 104 Å². The summed E-state index contributed by atoms with van der Waals surface area (Å²) in [7, 11) is 0. The first kappa shape index (κ1) is 16.2. The fourth-order valence-corrected chi connectivity index (χ4v) is 4.31. The van der Waals surface area contributed by atoms with Crippen LogP contribution >= 0.6 is 11.5 Å². The van der Waals surface area contributed by atoms with E-state index in [-0.39, 0.29) is 11.9 Å². The maximum absolute atomic E-state index is 12.5. The van der Waals surface area contributed by atoms with E-state index >= 15 is 0 Å². The number of piperidine rings is 1. The minimum atomic E-state index is -0.0675. The molecule has 0 aromatic carbocycles. The van der Waals surface area contributed by atoms with Gasteiger partial charge in [0.25, 0.3) is 0 Å². The molecule has 0 bridgehead atoms. The fourth-order valence-electron chi connectivity index (χ4n) is 3.66. The highest BCUT2D eigenvalue weighted by molar-refractivity contribution is 7.10. The summed E-state index contributed by atoms with van der Waals surface area (Å²) < 4.78 is 5.93. The lowest BCUT2D eigenvalue weighted by atomic mass is 9.92. The van der Waals surface area contributed by atoms with Gasteiger partial charge in [0, 0.05) is 30.6 Å². The number of amides is 2. The van der Waals surface area contributed by atoms with Crippen LogP contribution < -0.4 is 5.32 Å². The summed E-state index contributed by atoms with van der Waals surface area (Å²) in [4.78, 5) is 21.8. The van der Waals surface area contributed by atoms with E-state index < -0.39 is 0 Å². The van der Waals surface area contributed by atoms with Crippen molar-refractivity contribution in [2.24, 2.45) is 0 Å². The number of urea groups is 1. The first-order valence-corrected chi connectivity index (χ1v) is 9.62. The van der Waals surface area contributed by atoms with E-state index in [4.69, 9.17) is 0 Å². The second-order valence-electron chi connectivity index (χ2n) is 6.78. The monoisotopic (exact) mass is 382 g/mol. The van der Waals surface area contributed by atoms with Crippen molar-refractivity contribution in [2.45, 2.75) is 25.7 Å². The number of likely N-dealkylation sites (tertiary alicyclic amines) is 1. The van der Waals surface area contributed by atoms with Gasteiger partial charge in [0.2, 0.25) is 0 Å². The number of hydrogen-bond acceptors (Lipinski definition) is 6. The Morgan fingerprint density at radius 3 is 3.00 bits per heavy atom. The molecule has 27 heavy (non-hydrogen) atoms. The molecular weight excluding hydrogens is 364 g/mol. The van der Waals surface area contributed by atoms with Gasteiger partial charge in [0.05, 0.1) is 11.4 Å². The van der Waals surface area contributed by atoms with Crippen molar-refractivity contribution in [2.75, 3.05) is 18.4 Å². The summed E-state index contributed by atoms with van der Waals surface area (Å²) in [6.07, 6.45) is 5.28. The van der Waals surface area contributed by atoms with Gasteiger partial charge in [0.1, 0.15) is 22.5 Å². The molecule has 2 amide bonds.